The Labute approximate surface area is 201 Å². The van der Waals surface area contributed by atoms with Crippen molar-refractivity contribution in [2.75, 3.05) is 0 Å². The van der Waals surface area contributed by atoms with Gasteiger partial charge in [0.25, 0.3) is 5.56 Å². The number of amides is 1. The summed E-state index contributed by atoms with van der Waals surface area (Å²) in [5, 5.41) is 3.42. The van der Waals surface area contributed by atoms with Gasteiger partial charge in [0.05, 0.1) is 26.9 Å². The van der Waals surface area contributed by atoms with Crippen LogP contribution in [0.2, 0.25) is 5.02 Å². The van der Waals surface area contributed by atoms with E-state index in [1.54, 1.807) is 25.1 Å². The topological polar surface area (TPSA) is 64.0 Å². The highest BCUT2D eigenvalue weighted by molar-refractivity contribution is 8.00. The minimum Gasteiger partial charge on any atom is -0.352 e. The molecule has 1 heterocycles. The largest absolute Gasteiger partial charge is 0.352 e. The van der Waals surface area contributed by atoms with E-state index in [2.05, 4.69) is 24.1 Å². The Hall–Kier alpha value is -2.38. The number of para-hydroxylation sites is 1. The molecule has 1 amide bonds. The maximum Gasteiger partial charge on any atom is 0.266 e. The van der Waals surface area contributed by atoms with Crippen molar-refractivity contribution < 1.29 is 9.18 Å². The molecular weight excluding hydrogens is 461 g/mol. The molecular formula is C25H27ClFN3O2S. The van der Waals surface area contributed by atoms with Gasteiger partial charge in [0.2, 0.25) is 5.91 Å². The molecule has 1 saturated carbocycles. The van der Waals surface area contributed by atoms with Crippen LogP contribution in [0.5, 0.6) is 0 Å². The van der Waals surface area contributed by atoms with Crippen molar-refractivity contribution >= 4 is 40.2 Å². The molecule has 0 radical (unpaired) electrons. The van der Waals surface area contributed by atoms with Crippen LogP contribution in [0.3, 0.4) is 0 Å². The third kappa shape index (κ3) is 4.94. The SMILES string of the molecule is C[C@@H]1[C@H](C)CCC[C@@H]1NC(=O)[C@@H](C)Sc1nc2ccccc2c(=O)n1-c1ccc(F)c(Cl)c1. The van der Waals surface area contributed by atoms with E-state index in [0.29, 0.717) is 33.6 Å². The average molecular weight is 488 g/mol. The second kappa shape index (κ2) is 9.85. The number of aromatic nitrogens is 2. The predicted molar refractivity (Wildman–Crippen MR) is 132 cm³/mol. The summed E-state index contributed by atoms with van der Waals surface area (Å²) in [6.07, 6.45) is 3.27. The standard InChI is InChI=1S/C25H27ClFN3O2S/c1-14-7-6-10-21(15(14)2)28-23(31)16(3)33-25-29-22-9-5-4-8-18(22)24(32)30(25)17-11-12-20(27)19(26)13-17/h4-5,8-9,11-16,21H,6-7,10H2,1-3H3,(H,28,31)/t14-,15-,16-,21+/m1/s1. The van der Waals surface area contributed by atoms with Gasteiger partial charge in [0, 0.05) is 6.04 Å². The van der Waals surface area contributed by atoms with Crippen molar-refractivity contribution in [2.24, 2.45) is 11.8 Å². The zero-order valence-electron chi connectivity index (χ0n) is 18.8. The van der Waals surface area contributed by atoms with E-state index in [9.17, 15) is 14.0 Å². The van der Waals surface area contributed by atoms with Gasteiger partial charge in [-0.1, -0.05) is 62.2 Å². The Kier molecular flexibility index (Phi) is 7.10. The van der Waals surface area contributed by atoms with Crippen molar-refractivity contribution in [1.82, 2.24) is 14.9 Å². The van der Waals surface area contributed by atoms with Gasteiger partial charge in [0.15, 0.2) is 5.16 Å². The molecule has 0 saturated heterocycles. The lowest BCUT2D eigenvalue weighted by atomic mass is 9.78. The molecule has 4 atom stereocenters. The summed E-state index contributed by atoms with van der Waals surface area (Å²) in [6.45, 7) is 6.22. The van der Waals surface area contributed by atoms with Gasteiger partial charge >= 0.3 is 0 Å². The molecule has 5 nitrogen and oxygen atoms in total. The second-order valence-electron chi connectivity index (χ2n) is 8.79. The maximum absolute atomic E-state index is 13.8. The summed E-state index contributed by atoms with van der Waals surface area (Å²) in [6, 6.07) is 11.3. The first kappa shape index (κ1) is 23.8. The molecule has 1 aromatic heterocycles. The van der Waals surface area contributed by atoms with Crippen molar-refractivity contribution in [3.63, 3.8) is 0 Å². The average Bonchev–Trinajstić information content (AvgIpc) is 2.79. The van der Waals surface area contributed by atoms with E-state index in [1.165, 1.54) is 40.9 Å². The Morgan fingerprint density at radius 2 is 2.00 bits per heavy atom. The first-order chi connectivity index (χ1) is 15.8. The van der Waals surface area contributed by atoms with Crippen LogP contribution in [0.15, 0.2) is 52.4 Å². The van der Waals surface area contributed by atoms with Gasteiger partial charge in [-0.25, -0.2) is 9.37 Å². The summed E-state index contributed by atoms with van der Waals surface area (Å²) in [7, 11) is 0. The number of nitrogens with one attached hydrogen (secondary N) is 1. The van der Waals surface area contributed by atoms with Crippen molar-refractivity contribution in [1.29, 1.82) is 0 Å². The molecule has 8 heteroatoms. The minimum atomic E-state index is -0.569. The number of benzene rings is 2. The summed E-state index contributed by atoms with van der Waals surface area (Å²) in [5.41, 5.74) is 0.638. The van der Waals surface area contributed by atoms with Crippen molar-refractivity contribution in [3.8, 4) is 5.69 Å². The van der Waals surface area contributed by atoms with Gasteiger partial charge in [-0.15, -0.1) is 0 Å². The molecule has 3 aromatic rings. The quantitative estimate of drug-likeness (QED) is 0.376. The molecule has 0 aliphatic heterocycles. The summed E-state index contributed by atoms with van der Waals surface area (Å²) < 4.78 is 15.2. The minimum absolute atomic E-state index is 0.0861. The fourth-order valence-electron chi connectivity index (χ4n) is 4.34. The van der Waals surface area contributed by atoms with E-state index < -0.39 is 11.1 Å². The van der Waals surface area contributed by atoms with Gasteiger partial charge < -0.3 is 5.32 Å². The lowest BCUT2D eigenvalue weighted by Crippen LogP contribution is -2.46. The highest BCUT2D eigenvalue weighted by Gasteiger charge is 2.30. The van der Waals surface area contributed by atoms with Crippen LogP contribution < -0.4 is 10.9 Å². The Balaban J connectivity index is 1.68. The molecule has 33 heavy (non-hydrogen) atoms. The number of nitrogens with zero attached hydrogens (tertiary/aromatic N) is 2. The number of carbonyl (C=O) groups excluding carboxylic acids is 1. The zero-order valence-corrected chi connectivity index (χ0v) is 20.4. The smallest absolute Gasteiger partial charge is 0.266 e. The number of hydrogen-bond donors (Lipinski definition) is 1. The normalized spacial score (nSPS) is 21.7. The van der Waals surface area contributed by atoms with Crippen molar-refractivity contribution in [2.45, 2.75) is 56.5 Å². The summed E-state index contributed by atoms with van der Waals surface area (Å²) in [4.78, 5) is 31.1. The maximum atomic E-state index is 13.8. The Morgan fingerprint density at radius 1 is 1.24 bits per heavy atom. The number of carbonyl (C=O) groups is 1. The number of fused-ring (bicyclic) bond motifs is 1. The van der Waals surface area contributed by atoms with Crippen LogP contribution in [0.4, 0.5) is 4.39 Å². The van der Waals surface area contributed by atoms with Crippen LogP contribution in [0.1, 0.15) is 40.0 Å². The fourth-order valence-corrected chi connectivity index (χ4v) is 5.45. The molecule has 1 fully saturated rings. The van der Waals surface area contributed by atoms with Crippen molar-refractivity contribution in [3.05, 3.63) is 63.7 Å². The third-order valence-corrected chi connectivity index (χ3v) is 7.93. The number of thioether (sulfide) groups is 1. The molecule has 0 bridgehead atoms. The second-order valence-corrected chi connectivity index (χ2v) is 10.5. The molecule has 0 unspecified atom stereocenters. The lowest BCUT2D eigenvalue weighted by molar-refractivity contribution is -0.121. The highest BCUT2D eigenvalue weighted by Crippen LogP contribution is 2.31. The molecule has 1 aliphatic rings. The third-order valence-electron chi connectivity index (χ3n) is 6.59. The summed E-state index contributed by atoms with van der Waals surface area (Å²) in [5.74, 6) is 0.331. The monoisotopic (exact) mass is 487 g/mol. The molecule has 2 aromatic carbocycles. The van der Waals surface area contributed by atoms with E-state index in [0.717, 1.165) is 12.8 Å². The van der Waals surface area contributed by atoms with E-state index in [4.69, 9.17) is 11.6 Å². The van der Waals surface area contributed by atoms with Gasteiger partial charge in [0.1, 0.15) is 5.82 Å². The molecule has 1 N–H and O–H groups in total. The number of rotatable bonds is 5. The van der Waals surface area contributed by atoms with E-state index in [-0.39, 0.29) is 22.5 Å². The molecule has 4 rings (SSSR count). The summed E-state index contributed by atoms with van der Waals surface area (Å²) >= 11 is 7.20. The lowest BCUT2D eigenvalue weighted by Gasteiger charge is -2.35. The predicted octanol–water partition coefficient (Wildman–Crippen LogP) is 5.60. The Bertz CT molecular complexity index is 1250. The molecule has 1 aliphatic carbocycles. The zero-order chi connectivity index (χ0) is 23.7. The van der Waals surface area contributed by atoms with Crippen LogP contribution in [-0.2, 0) is 4.79 Å². The first-order valence-electron chi connectivity index (χ1n) is 11.2. The number of hydrogen-bond acceptors (Lipinski definition) is 4. The molecule has 0 spiro atoms. The van der Waals surface area contributed by atoms with E-state index in [1.807, 2.05) is 6.07 Å². The van der Waals surface area contributed by atoms with E-state index >= 15 is 0 Å². The Morgan fingerprint density at radius 3 is 2.76 bits per heavy atom. The van der Waals surface area contributed by atoms with Gasteiger partial charge in [-0.05, 0) is 55.5 Å². The van der Waals surface area contributed by atoms with Crippen LogP contribution in [0, 0.1) is 17.7 Å². The van der Waals surface area contributed by atoms with Crippen LogP contribution in [-0.4, -0.2) is 26.8 Å². The van der Waals surface area contributed by atoms with Gasteiger partial charge in [-0.2, -0.15) is 0 Å². The highest BCUT2D eigenvalue weighted by atomic mass is 35.5. The van der Waals surface area contributed by atoms with Crippen LogP contribution >= 0.6 is 23.4 Å². The fraction of sp³-hybridized carbons (Fsp3) is 0.400. The first-order valence-corrected chi connectivity index (χ1v) is 12.5. The van der Waals surface area contributed by atoms with Crippen LogP contribution in [0.25, 0.3) is 16.6 Å². The van der Waals surface area contributed by atoms with Gasteiger partial charge in [-0.3, -0.25) is 14.2 Å². The number of halogens is 2. The molecule has 174 valence electrons.